The Hall–Kier alpha value is -4.01. The number of oxazole rings is 1. The number of hydrogen-bond acceptors (Lipinski definition) is 8. The topological polar surface area (TPSA) is 109 Å². The molecular weight excluding hydrogens is 392 g/mol. The summed E-state index contributed by atoms with van der Waals surface area (Å²) in [5, 5.41) is 2.63. The second-order valence-electron chi connectivity index (χ2n) is 5.98. The average molecular weight is 412 g/mol. The molecule has 1 heterocycles. The molecule has 1 amide bonds. The fourth-order valence-electron chi connectivity index (χ4n) is 2.69. The van der Waals surface area contributed by atoms with Crippen LogP contribution in [0.15, 0.2) is 53.4 Å². The molecule has 3 aromatic rings. The van der Waals surface area contributed by atoms with Crippen LogP contribution < -0.4 is 19.5 Å². The van der Waals surface area contributed by atoms with Crippen molar-refractivity contribution in [2.45, 2.75) is 0 Å². The molecule has 0 radical (unpaired) electrons. The van der Waals surface area contributed by atoms with Crippen LogP contribution in [0.4, 0.5) is 5.69 Å². The number of amides is 1. The molecule has 0 unspecified atom stereocenters. The van der Waals surface area contributed by atoms with Gasteiger partial charge in [0.15, 0.2) is 30.3 Å². The van der Waals surface area contributed by atoms with Crippen molar-refractivity contribution >= 4 is 17.6 Å². The molecule has 1 aromatic heterocycles. The highest BCUT2D eigenvalue weighted by Gasteiger charge is 2.16. The second-order valence-corrected chi connectivity index (χ2v) is 5.98. The van der Waals surface area contributed by atoms with Gasteiger partial charge in [0.05, 0.1) is 33.1 Å². The molecule has 0 bridgehead atoms. The number of benzene rings is 2. The number of nitrogens with one attached hydrogen (secondary N) is 1. The summed E-state index contributed by atoms with van der Waals surface area (Å²) in [4.78, 5) is 28.2. The van der Waals surface area contributed by atoms with Crippen LogP contribution >= 0.6 is 0 Å². The van der Waals surface area contributed by atoms with E-state index in [0.717, 1.165) is 5.56 Å². The zero-order chi connectivity index (χ0) is 21.5. The maximum atomic E-state index is 12.2. The van der Waals surface area contributed by atoms with Crippen LogP contribution in [0.3, 0.4) is 0 Å². The Labute approximate surface area is 172 Å². The summed E-state index contributed by atoms with van der Waals surface area (Å²) in [6, 6.07) is 9.71. The van der Waals surface area contributed by atoms with Gasteiger partial charge in [-0.05, 0) is 12.1 Å². The van der Waals surface area contributed by atoms with Crippen LogP contribution in [0.25, 0.3) is 11.3 Å². The third-order valence-electron chi connectivity index (χ3n) is 4.12. The molecule has 0 spiro atoms. The number of carbonyl (C=O) groups excluding carboxylic acids is 2. The third kappa shape index (κ3) is 4.69. The number of rotatable bonds is 8. The monoisotopic (exact) mass is 412 g/mol. The number of hydrogen-bond donors (Lipinski definition) is 1. The fraction of sp³-hybridized carbons (Fsp3) is 0.190. The van der Waals surface area contributed by atoms with Gasteiger partial charge in [0.25, 0.3) is 5.91 Å². The standard InChI is InChI=1S/C21H20N2O7/c1-26-16-8-15(9-17(27-2)20(16)28-3)23-19(24)11-29-21(25)14-6-4-13(5-7-14)18-10-22-12-30-18/h4-10,12H,11H2,1-3H3,(H,23,24). The highest BCUT2D eigenvalue weighted by Crippen LogP contribution is 2.39. The van der Waals surface area contributed by atoms with E-state index in [-0.39, 0.29) is 0 Å². The quantitative estimate of drug-likeness (QED) is 0.562. The van der Waals surface area contributed by atoms with Crippen molar-refractivity contribution in [3.63, 3.8) is 0 Å². The first-order chi connectivity index (χ1) is 14.5. The fourth-order valence-corrected chi connectivity index (χ4v) is 2.69. The van der Waals surface area contributed by atoms with Crippen molar-refractivity contribution in [2.24, 2.45) is 0 Å². The maximum absolute atomic E-state index is 12.2. The molecule has 1 N–H and O–H groups in total. The maximum Gasteiger partial charge on any atom is 0.338 e. The van der Waals surface area contributed by atoms with Crippen molar-refractivity contribution in [3.05, 3.63) is 54.6 Å². The predicted octanol–water partition coefficient (Wildman–Crippen LogP) is 3.16. The van der Waals surface area contributed by atoms with Crippen LogP contribution in [0.1, 0.15) is 10.4 Å². The number of methoxy groups -OCH3 is 3. The Morgan fingerprint density at radius 1 is 1.00 bits per heavy atom. The summed E-state index contributed by atoms with van der Waals surface area (Å²) in [5.74, 6) is 0.611. The van der Waals surface area contributed by atoms with Gasteiger partial charge in [-0.15, -0.1) is 0 Å². The molecule has 0 saturated heterocycles. The molecular formula is C21H20N2O7. The zero-order valence-electron chi connectivity index (χ0n) is 16.6. The van der Waals surface area contributed by atoms with Crippen molar-refractivity contribution in [2.75, 3.05) is 33.3 Å². The summed E-state index contributed by atoms with van der Waals surface area (Å²) in [5.41, 5.74) is 1.48. The number of anilines is 1. The Morgan fingerprint density at radius 2 is 1.67 bits per heavy atom. The molecule has 0 aliphatic heterocycles. The van der Waals surface area contributed by atoms with Gasteiger partial charge in [-0.2, -0.15) is 0 Å². The van der Waals surface area contributed by atoms with E-state index in [1.54, 1.807) is 42.6 Å². The van der Waals surface area contributed by atoms with Gasteiger partial charge in [-0.25, -0.2) is 9.78 Å². The molecule has 0 saturated carbocycles. The molecule has 0 atom stereocenters. The zero-order valence-corrected chi connectivity index (χ0v) is 16.6. The summed E-state index contributed by atoms with van der Waals surface area (Å²) in [6.45, 7) is -0.459. The molecule has 0 fully saturated rings. The first-order valence-electron chi connectivity index (χ1n) is 8.81. The Balaban J connectivity index is 1.60. The minimum absolute atomic E-state index is 0.304. The van der Waals surface area contributed by atoms with Crippen molar-refractivity contribution < 1.29 is 33.0 Å². The van der Waals surface area contributed by atoms with Crippen molar-refractivity contribution in [1.82, 2.24) is 4.98 Å². The van der Waals surface area contributed by atoms with Gasteiger partial charge in [-0.1, -0.05) is 12.1 Å². The van der Waals surface area contributed by atoms with E-state index in [1.807, 2.05) is 0 Å². The van der Waals surface area contributed by atoms with E-state index < -0.39 is 18.5 Å². The molecule has 156 valence electrons. The Morgan fingerprint density at radius 3 is 2.20 bits per heavy atom. The molecule has 2 aromatic carbocycles. The van der Waals surface area contributed by atoms with Gasteiger partial charge in [0, 0.05) is 23.4 Å². The normalized spacial score (nSPS) is 10.2. The first-order valence-corrected chi connectivity index (χ1v) is 8.81. The lowest BCUT2D eigenvalue weighted by Crippen LogP contribution is -2.21. The van der Waals surface area contributed by atoms with Gasteiger partial charge in [0.2, 0.25) is 5.75 Å². The Kier molecular flexibility index (Phi) is 6.53. The van der Waals surface area contributed by atoms with E-state index in [4.69, 9.17) is 23.4 Å². The van der Waals surface area contributed by atoms with Crippen LogP contribution in [0, 0.1) is 0 Å². The van der Waals surface area contributed by atoms with E-state index in [9.17, 15) is 9.59 Å². The SMILES string of the molecule is COc1cc(NC(=O)COC(=O)c2ccc(-c3cnco3)cc2)cc(OC)c1OC. The smallest absolute Gasteiger partial charge is 0.338 e. The molecule has 3 rings (SSSR count). The van der Waals surface area contributed by atoms with Gasteiger partial charge < -0.3 is 28.7 Å². The number of aromatic nitrogens is 1. The number of carbonyl (C=O) groups is 2. The van der Waals surface area contributed by atoms with E-state index in [0.29, 0.717) is 34.3 Å². The third-order valence-corrected chi connectivity index (χ3v) is 4.12. The lowest BCUT2D eigenvalue weighted by atomic mass is 10.1. The van der Waals surface area contributed by atoms with Crippen molar-refractivity contribution in [1.29, 1.82) is 0 Å². The molecule has 9 nitrogen and oxygen atoms in total. The van der Waals surface area contributed by atoms with E-state index in [2.05, 4.69) is 10.3 Å². The number of ether oxygens (including phenoxy) is 4. The van der Waals surface area contributed by atoms with Gasteiger partial charge in [0.1, 0.15) is 0 Å². The van der Waals surface area contributed by atoms with E-state index in [1.165, 1.54) is 27.7 Å². The van der Waals surface area contributed by atoms with Gasteiger partial charge >= 0.3 is 5.97 Å². The summed E-state index contributed by atoms with van der Waals surface area (Å²) < 4.78 is 26.0. The largest absolute Gasteiger partial charge is 0.493 e. The van der Waals surface area contributed by atoms with E-state index >= 15 is 0 Å². The lowest BCUT2D eigenvalue weighted by molar-refractivity contribution is -0.119. The van der Waals surface area contributed by atoms with Crippen LogP contribution in [0.2, 0.25) is 0 Å². The second kappa shape index (κ2) is 9.46. The highest BCUT2D eigenvalue weighted by molar-refractivity contribution is 5.96. The summed E-state index contributed by atoms with van der Waals surface area (Å²) >= 11 is 0. The highest BCUT2D eigenvalue weighted by atomic mass is 16.5. The minimum Gasteiger partial charge on any atom is -0.493 e. The lowest BCUT2D eigenvalue weighted by Gasteiger charge is -2.14. The summed E-state index contributed by atoms with van der Waals surface area (Å²) in [6.07, 6.45) is 2.89. The number of nitrogens with zero attached hydrogens (tertiary/aromatic N) is 1. The summed E-state index contributed by atoms with van der Waals surface area (Å²) in [7, 11) is 4.42. The molecule has 0 aliphatic carbocycles. The first kappa shape index (κ1) is 20.7. The van der Waals surface area contributed by atoms with Crippen LogP contribution in [-0.4, -0.2) is 44.8 Å². The van der Waals surface area contributed by atoms with Gasteiger partial charge in [-0.3, -0.25) is 4.79 Å². The Bertz CT molecular complexity index is 989. The minimum atomic E-state index is -0.626. The number of esters is 1. The van der Waals surface area contributed by atoms with Crippen molar-refractivity contribution in [3.8, 4) is 28.6 Å². The molecule has 0 aliphatic rings. The van der Waals surface area contributed by atoms with Crippen LogP contribution in [-0.2, 0) is 9.53 Å². The molecule has 9 heteroatoms. The van der Waals surface area contributed by atoms with Crippen LogP contribution in [0.5, 0.6) is 17.2 Å². The molecule has 30 heavy (non-hydrogen) atoms. The predicted molar refractivity (Wildman–Crippen MR) is 107 cm³/mol. The average Bonchev–Trinajstić information content (AvgIpc) is 3.31.